The molecule has 1 N–H and O–H groups in total. The van der Waals surface area contributed by atoms with Gasteiger partial charge in [0.05, 0.1) is 16.7 Å². The van der Waals surface area contributed by atoms with Crippen molar-refractivity contribution in [3.05, 3.63) is 41.6 Å². The Kier molecular flexibility index (Phi) is 2.59. The number of benzene rings is 1. The quantitative estimate of drug-likeness (QED) is 0.711. The molecule has 94 valence electrons. The topological polar surface area (TPSA) is 71.5 Å². The first-order valence-corrected chi connectivity index (χ1v) is 5.93. The van der Waals surface area contributed by atoms with E-state index in [1.54, 1.807) is 0 Å². The molecule has 0 aliphatic carbocycles. The van der Waals surface area contributed by atoms with Gasteiger partial charge in [-0.3, -0.25) is 4.79 Å². The Hall–Kier alpha value is -2.56. The lowest BCUT2D eigenvalue weighted by Crippen LogP contribution is -1.97. The number of imidazole rings is 1. The van der Waals surface area contributed by atoms with E-state index in [1.807, 2.05) is 38.1 Å². The fourth-order valence-electron chi connectivity index (χ4n) is 2.09. The zero-order valence-corrected chi connectivity index (χ0v) is 10.6. The maximum Gasteiger partial charge on any atom is 0.193 e. The Morgan fingerprint density at radius 2 is 1.95 bits per heavy atom. The molecule has 0 radical (unpaired) electrons. The molecule has 5 nitrogen and oxygen atoms in total. The fraction of sp³-hybridized carbons (Fsp3) is 0.143. The molecule has 0 unspecified atom stereocenters. The van der Waals surface area contributed by atoms with Gasteiger partial charge in [-0.15, -0.1) is 0 Å². The van der Waals surface area contributed by atoms with Crippen molar-refractivity contribution in [2.24, 2.45) is 0 Å². The molecule has 3 aromatic rings. The van der Waals surface area contributed by atoms with Crippen LogP contribution in [0.1, 0.15) is 22.1 Å². The molecule has 0 aliphatic heterocycles. The summed E-state index contributed by atoms with van der Waals surface area (Å²) >= 11 is 0. The summed E-state index contributed by atoms with van der Waals surface area (Å²) < 4.78 is 0. The van der Waals surface area contributed by atoms with Gasteiger partial charge < -0.3 is 4.98 Å². The maximum absolute atomic E-state index is 10.8. The lowest BCUT2D eigenvalue weighted by atomic mass is 10.1. The third-order valence-corrected chi connectivity index (χ3v) is 2.87. The minimum absolute atomic E-state index is 0.205. The minimum atomic E-state index is 0.205. The average Bonchev–Trinajstić information content (AvgIpc) is 2.76. The zero-order valence-electron chi connectivity index (χ0n) is 10.6. The van der Waals surface area contributed by atoms with Crippen LogP contribution in [0.25, 0.3) is 22.3 Å². The predicted octanol–water partition coefficient (Wildman–Crippen LogP) is 2.45. The molecule has 3 rings (SSSR count). The van der Waals surface area contributed by atoms with Crippen LogP contribution in [-0.2, 0) is 0 Å². The minimum Gasteiger partial charge on any atom is -0.342 e. The third-order valence-electron chi connectivity index (χ3n) is 2.87. The highest BCUT2D eigenvalue weighted by Gasteiger charge is 2.06. The standard InChI is InChI=1S/C14H12N4O/c1-8-5-12(18-14(7-19)15-8)10-3-4-11-13(6-10)17-9(2)16-11/h3-7H,1-2H3,(H,16,17). The highest BCUT2D eigenvalue weighted by molar-refractivity contribution is 5.81. The number of aldehydes is 1. The Morgan fingerprint density at radius 3 is 2.74 bits per heavy atom. The first-order chi connectivity index (χ1) is 9.15. The van der Waals surface area contributed by atoms with E-state index in [0.29, 0.717) is 6.29 Å². The number of H-pyrrole nitrogens is 1. The van der Waals surface area contributed by atoms with Gasteiger partial charge in [0.25, 0.3) is 0 Å². The number of rotatable bonds is 2. The lowest BCUT2D eigenvalue weighted by Gasteiger charge is -2.03. The molecule has 0 fully saturated rings. The number of carbonyl (C=O) groups excluding carboxylic acids is 1. The summed E-state index contributed by atoms with van der Waals surface area (Å²) in [7, 11) is 0. The van der Waals surface area contributed by atoms with Crippen LogP contribution in [0, 0.1) is 13.8 Å². The van der Waals surface area contributed by atoms with Gasteiger partial charge in [0.2, 0.25) is 0 Å². The second-order valence-electron chi connectivity index (χ2n) is 4.42. The van der Waals surface area contributed by atoms with Crippen molar-refractivity contribution in [1.82, 2.24) is 19.9 Å². The van der Waals surface area contributed by atoms with Crippen LogP contribution in [0.15, 0.2) is 24.3 Å². The summed E-state index contributed by atoms with van der Waals surface area (Å²) in [6.07, 6.45) is 0.662. The van der Waals surface area contributed by atoms with Crippen molar-refractivity contribution >= 4 is 17.3 Å². The molecule has 0 atom stereocenters. The maximum atomic E-state index is 10.8. The number of fused-ring (bicyclic) bond motifs is 1. The molecule has 19 heavy (non-hydrogen) atoms. The smallest absolute Gasteiger partial charge is 0.193 e. The number of aromatic nitrogens is 4. The average molecular weight is 252 g/mol. The van der Waals surface area contributed by atoms with Crippen molar-refractivity contribution < 1.29 is 4.79 Å². The van der Waals surface area contributed by atoms with E-state index in [-0.39, 0.29) is 5.82 Å². The molecule has 0 spiro atoms. The van der Waals surface area contributed by atoms with Gasteiger partial charge in [0.15, 0.2) is 12.1 Å². The molecule has 0 bridgehead atoms. The monoisotopic (exact) mass is 252 g/mol. The Labute approximate surface area is 109 Å². The van der Waals surface area contributed by atoms with Crippen molar-refractivity contribution in [1.29, 1.82) is 0 Å². The molecule has 0 amide bonds. The first-order valence-electron chi connectivity index (χ1n) is 5.93. The number of hydrogen-bond donors (Lipinski definition) is 1. The molecule has 5 heteroatoms. The SMILES string of the molecule is Cc1cc(-c2ccc3nc(C)[nH]c3c2)nc(C=O)n1. The van der Waals surface area contributed by atoms with Crippen molar-refractivity contribution in [3.63, 3.8) is 0 Å². The third kappa shape index (κ3) is 2.10. The van der Waals surface area contributed by atoms with Gasteiger partial charge in [0, 0.05) is 11.3 Å². The number of aromatic amines is 1. The van der Waals surface area contributed by atoms with Gasteiger partial charge in [0.1, 0.15) is 5.82 Å². The molecule has 1 aromatic carbocycles. The molecule has 2 aromatic heterocycles. The molecule has 2 heterocycles. The number of hydrogen-bond acceptors (Lipinski definition) is 4. The van der Waals surface area contributed by atoms with Gasteiger partial charge in [-0.05, 0) is 32.0 Å². The zero-order chi connectivity index (χ0) is 13.4. The van der Waals surface area contributed by atoms with Crippen LogP contribution < -0.4 is 0 Å². The molecule has 0 aliphatic rings. The van der Waals surface area contributed by atoms with Crippen LogP contribution in [0.2, 0.25) is 0 Å². The van der Waals surface area contributed by atoms with Gasteiger partial charge >= 0.3 is 0 Å². The van der Waals surface area contributed by atoms with Gasteiger partial charge in [-0.1, -0.05) is 6.07 Å². The molecule has 0 saturated heterocycles. The van der Waals surface area contributed by atoms with Crippen molar-refractivity contribution in [3.8, 4) is 11.3 Å². The molecular formula is C14H12N4O. The summed E-state index contributed by atoms with van der Waals surface area (Å²) in [5, 5.41) is 0. The summed E-state index contributed by atoms with van der Waals surface area (Å²) in [6, 6.07) is 7.72. The summed E-state index contributed by atoms with van der Waals surface area (Å²) in [4.78, 5) is 26.6. The number of carbonyl (C=O) groups is 1. The van der Waals surface area contributed by atoms with Gasteiger partial charge in [-0.2, -0.15) is 0 Å². The van der Waals surface area contributed by atoms with Crippen LogP contribution in [0.4, 0.5) is 0 Å². The molecule has 0 saturated carbocycles. The highest BCUT2D eigenvalue weighted by atomic mass is 16.1. The highest BCUT2D eigenvalue weighted by Crippen LogP contribution is 2.22. The number of nitrogens with one attached hydrogen (secondary N) is 1. The fourth-order valence-corrected chi connectivity index (χ4v) is 2.09. The van der Waals surface area contributed by atoms with Gasteiger partial charge in [-0.25, -0.2) is 15.0 Å². The van der Waals surface area contributed by atoms with Crippen molar-refractivity contribution in [2.75, 3.05) is 0 Å². The Morgan fingerprint density at radius 1 is 1.11 bits per heavy atom. The Balaban J connectivity index is 2.17. The predicted molar refractivity (Wildman–Crippen MR) is 72.0 cm³/mol. The van der Waals surface area contributed by atoms with Crippen LogP contribution >= 0.6 is 0 Å². The molecular weight excluding hydrogens is 240 g/mol. The second kappa shape index (κ2) is 4.28. The Bertz CT molecular complexity index is 776. The van der Waals surface area contributed by atoms with E-state index >= 15 is 0 Å². The van der Waals surface area contributed by atoms with E-state index < -0.39 is 0 Å². The van der Waals surface area contributed by atoms with E-state index in [2.05, 4.69) is 19.9 Å². The van der Waals surface area contributed by atoms with Crippen LogP contribution in [-0.4, -0.2) is 26.2 Å². The number of nitrogens with zero attached hydrogens (tertiary/aromatic N) is 3. The van der Waals surface area contributed by atoms with Crippen LogP contribution in [0.5, 0.6) is 0 Å². The van der Waals surface area contributed by atoms with E-state index in [0.717, 1.165) is 33.8 Å². The number of aryl methyl sites for hydroxylation is 2. The first kappa shape index (κ1) is 11.5. The largest absolute Gasteiger partial charge is 0.342 e. The lowest BCUT2D eigenvalue weighted by molar-refractivity contribution is 0.111. The van der Waals surface area contributed by atoms with E-state index in [4.69, 9.17) is 0 Å². The van der Waals surface area contributed by atoms with Crippen LogP contribution in [0.3, 0.4) is 0 Å². The summed E-state index contributed by atoms with van der Waals surface area (Å²) in [6.45, 7) is 3.76. The van der Waals surface area contributed by atoms with Crippen molar-refractivity contribution in [2.45, 2.75) is 13.8 Å². The van der Waals surface area contributed by atoms with E-state index in [9.17, 15) is 4.79 Å². The normalized spacial score (nSPS) is 10.8. The summed E-state index contributed by atoms with van der Waals surface area (Å²) in [5.74, 6) is 1.08. The second-order valence-corrected chi connectivity index (χ2v) is 4.42. The van der Waals surface area contributed by atoms with E-state index in [1.165, 1.54) is 0 Å². The summed E-state index contributed by atoms with van der Waals surface area (Å²) in [5.41, 5.74) is 4.32.